The maximum atomic E-state index is 6.85. The summed E-state index contributed by atoms with van der Waals surface area (Å²) in [5.41, 5.74) is 1.41. The quantitative estimate of drug-likeness (QED) is 0.330. The lowest BCUT2D eigenvalue weighted by Gasteiger charge is -1.59. The van der Waals surface area contributed by atoms with E-state index in [2.05, 4.69) is 4.67 Å². The van der Waals surface area contributed by atoms with Gasteiger partial charge in [0.05, 0.1) is 0 Å². The molecule has 6 heavy (non-hydrogen) atoms. The predicted octanol–water partition coefficient (Wildman–Crippen LogP) is -0.381. The zero-order valence-corrected chi connectivity index (χ0v) is 3.52. The molecule has 2 heteroatoms. The lowest BCUT2D eigenvalue weighted by atomic mass is 10.3. The molecule has 1 N–H and O–H groups in total. The van der Waals surface area contributed by atoms with Gasteiger partial charge in [-0.15, -0.1) is 0 Å². The fourth-order valence-corrected chi connectivity index (χ4v) is 0.226. The van der Waals surface area contributed by atoms with Crippen molar-refractivity contribution >= 4 is 17.6 Å². The van der Waals surface area contributed by atoms with Crippen LogP contribution in [0.25, 0.3) is 0 Å². The van der Waals surface area contributed by atoms with Crippen LogP contribution in [-0.4, -0.2) is 17.6 Å². The van der Waals surface area contributed by atoms with E-state index in [1.54, 1.807) is 13.1 Å². The van der Waals surface area contributed by atoms with Gasteiger partial charge in [0.15, 0.2) is 0 Å². The van der Waals surface area contributed by atoms with Crippen LogP contribution in [-0.2, 0) is 0 Å². The fourth-order valence-electron chi connectivity index (χ4n) is 0.226. The van der Waals surface area contributed by atoms with Crippen molar-refractivity contribution < 1.29 is 0 Å². The standard InChI is InChI=1S/C4H5N2/c1-3(5)4-2-6-4/h2,5H,1H3/q+1. The van der Waals surface area contributed by atoms with Crippen molar-refractivity contribution in [2.45, 2.75) is 6.92 Å². The summed E-state index contributed by atoms with van der Waals surface area (Å²) in [6.45, 7) is 1.72. The fraction of sp³-hybridized carbons (Fsp3) is 0.250. The van der Waals surface area contributed by atoms with Gasteiger partial charge in [-0.05, 0) is 6.92 Å². The van der Waals surface area contributed by atoms with E-state index in [9.17, 15) is 0 Å². The van der Waals surface area contributed by atoms with E-state index in [1.807, 2.05) is 0 Å². The second kappa shape index (κ2) is 0.791. The van der Waals surface area contributed by atoms with Gasteiger partial charge in [-0.25, -0.2) is 0 Å². The first kappa shape index (κ1) is 3.32. The molecule has 0 bridgehead atoms. The van der Waals surface area contributed by atoms with Crippen LogP contribution in [0.2, 0.25) is 0 Å². The molecule has 0 unspecified atom stereocenters. The third-order valence-corrected chi connectivity index (χ3v) is 0.642. The van der Waals surface area contributed by atoms with Crippen LogP contribution < -0.4 is 4.67 Å². The second-order valence-electron chi connectivity index (χ2n) is 1.27. The SMILES string of the molecule is CC(=N)C1=[N+]=C1. The van der Waals surface area contributed by atoms with E-state index in [0.717, 1.165) is 5.71 Å². The summed E-state index contributed by atoms with van der Waals surface area (Å²) in [4.78, 5) is 0. The van der Waals surface area contributed by atoms with Crippen molar-refractivity contribution in [3.8, 4) is 0 Å². The minimum atomic E-state index is 0.565. The van der Waals surface area contributed by atoms with Crippen LogP contribution >= 0.6 is 0 Å². The van der Waals surface area contributed by atoms with Gasteiger partial charge in [0.1, 0.15) is 5.71 Å². The molecule has 0 saturated heterocycles. The van der Waals surface area contributed by atoms with Gasteiger partial charge in [0.25, 0.3) is 0 Å². The molecule has 2 nitrogen and oxygen atoms in total. The van der Waals surface area contributed by atoms with Crippen LogP contribution in [0.1, 0.15) is 6.92 Å². The van der Waals surface area contributed by atoms with Crippen molar-refractivity contribution in [2.24, 2.45) is 0 Å². The average Bonchev–Trinajstić information content (AvgIpc) is 2.06. The van der Waals surface area contributed by atoms with Crippen molar-refractivity contribution in [3.63, 3.8) is 0 Å². The van der Waals surface area contributed by atoms with E-state index < -0.39 is 0 Å². The first-order valence-electron chi connectivity index (χ1n) is 1.77. The highest BCUT2D eigenvalue weighted by Crippen LogP contribution is 1.73. The third kappa shape index (κ3) is 0.374. The van der Waals surface area contributed by atoms with E-state index in [1.165, 1.54) is 0 Å². The van der Waals surface area contributed by atoms with Crippen LogP contribution in [0, 0.1) is 5.41 Å². The third-order valence-electron chi connectivity index (χ3n) is 0.642. The van der Waals surface area contributed by atoms with Crippen LogP contribution in [0.4, 0.5) is 0 Å². The summed E-state index contributed by atoms with van der Waals surface area (Å²) in [6, 6.07) is 0. The minimum absolute atomic E-state index is 0.565. The van der Waals surface area contributed by atoms with E-state index in [4.69, 9.17) is 5.41 Å². The molecule has 0 aliphatic carbocycles. The molecule has 1 aliphatic rings. The molecule has 0 aromatic carbocycles. The molecule has 0 aromatic rings. The molecule has 1 heterocycles. The summed E-state index contributed by atoms with van der Waals surface area (Å²) in [7, 11) is 0. The van der Waals surface area contributed by atoms with Gasteiger partial charge in [0, 0.05) is 0 Å². The lowest BCUT2D eigenvalue weighted by Crippen LogP contribution is -1.97. The maximum Gasteiger partial charge on any atom is 0.428 e. The summed E-state index contributed by atoms with van der Waals surface area (Å²) in [6.07, 6.45) is 1.68. The van der Waals surface area contributed by atoms with Crippen molar-refractivity contribution in [2.75, 3.05) is 0 Å². The molecule has 0 saturated carbocycles. The summed E-state index contributed by atoms with van der Waals surface area (Å²) < 4.78 is 3.67. The number of hydrogen-bond acceptors (Lipinski definition) is 1. The Hall–Kier alpha value is -0.880. The lowest BCUT2D eigenvalue weighted by molar-refractivity contribution is 1.52. The monoisotopic (exact) mass is 81.0 g/mol. The van der Waals surface area contributed by atoms with Gasteiger partial charge >= 0.3 is 11.9 Å². The molecule has 0 amide bonds. The molecular formula is C4H5N2+. The maximum absolute atomic E-state index is 6.85. The molecule has 0 spiro atoms. The molecule has 1 rings (SSSR count). The van der Waals surface area contributed by atoms with Crippen molar-refractivity contribution in [1.82, 2.24) is 4.67 Å². The van der Waals surface area contributed by atoms with E-state index >= 15 is 0 Å². The Morgan fingerprint density at radius 1 is 2.00 bits per heavy atom. The molecule has 1 aliphatic heterocycles. The number of hydrogen-bond donors (Lipinski definition) is 1. The highest BCUT2D eigenvalue weighted by atomic mass is 14.7. The van der Waals surface area contributed by atoms with Crippen molar-refractivity contribution in [3.05, 3.63) is 0 Å². The van der Waals surface area contributed by atoms with Gasteiger partial charge in [0.2, 0.25) is 0 Å². The van der Waals surface area contributed by atoms with Gasteiger partial charge in [-0.2, -0.15) is 0 Å². The predicted molar refractivity (Wildman–Crippen MR) is 26.6 cm³/mol. The Balaban J connectivity index is 2.57. The first-order valence-corrected chi connectivity index (χ1v) is 1.77. The molecule has 0 aromatic heterocycles. The summed E-state index contributed by atoms with van der Waals surface area (Å²) in [5.74, 6) is 0. The van der Waals surface area contributed by atoms with Gasteiger partial charge in [-0.1, -0.05) is 4.67 Å². The van der Waals surface area contributed by atoms with Gasteiger partial charge < -0.3 is 0 Å². The Labute approximate surface area is 35.8 Å². The second-order valence-corrected chi connectivity index (χ2v) is 1.27. The number of rotatable bonds is 1. The zero-order chi connectivity index (χ0) is 4.57. The summed E-state index contributed by atoms with van der Waals surface area (Å²) in [5, 5.41) is 6.85. The molecule has 0 radical (unpaired) electrons. The van der Waals surface area contributed by atoms with Crippen molar-refractivity contribution in [1.29, 1.82) is 5.41 Å². The van der Waals surface area contributed by atoms with E-state index in [-0.39, 0.29) is 0 Å². The number of nitrogens with one attached hydrogen (secondary N) is 1. The Morgan fingerprint density at radius 3 is 2.50 bits per heavy atom. The average molecular weight is 81.1 g/mol. The van der Waals surface area contributed by atoms with Crippen LogP contribution in [0.15, 0.2) is 0 Å². The van der Waals surface area contributed by atoms with Crippen LogP contribution in [0.3, 0.4) is 0 Å². The Morgan fingerprint density at radius 2 is 2.50 bits per heavy atom. The highest BCUT2D eigenvalue weighted by molar-refractivity contribution is 6.67. The largest absolute Gasteiger partial charge is 0.428 e. The Bertz CT molecular complexity index is 149. The van der Waals surface area contributed by atoms with Gasteiger partial charge in [-0.3, -0.25) is 5.41 Å². The topological polar surface area (TPSA) is 38.0 Å². The smallest absolute Gasteiger partial charge is 0.297 e. The number of nitrogens with zero attached hydrogens (tertiary/aromatic N) is 1. The van der Waals surface area contributed by atoms with Crippen LogP contribution in [0.5, 0.6) is 0 Å². The molecule has 0 fully saturated rings. The first-order chi connectivity index (χ1) is 2.80. The van der Waals surface area contributed by atoms with E-state index in [0.29, 0.717) is 5.71 Å². The highest BCUT2D eigenvalue weighted by Gasteiger charge is 2.24. The zero-order valence-electron chi connectivity index (χ0n) is 3.52. The molecule has 0 atom stereocenters. The molecule has 30 valence electrons. The normalized spacial score (nSPS) is 13.8. The summed E-state index contributed by atoms with van der Waals surface area (Å²) >= 11 is 0. The Kier molecular flexibility index (Phi) is 0.437. The molecular weight excluding hydrogens is 76.1 g/mol. The minimum Gasteiger partial charge on any atom is -0.297 e.